The fourth-order valence-electron chi connectivity index (χ4n) is 3.85. The fraction of sp³-hybridized carbons (Fsp3) is 1.00. The summed E-state index contributed by atoms with van der Waals surface area (Å²) in [5, 5.41) is 3.90. The number of hydrogen-bond donors (Lipinski definition) is 1. The van der Waals surface area contributed by atoms with Crippen molar-refractivity contribution in [2.75, 3.05) is 13.2 Å². The molecule has 1 aliphatic carbocycles. The summed E-state index contributed by atoms with van der Waals surface area (Å²) in [5.74, 6) is 1.75. The molecule has 2 heteroatoms. The monoisotopic (exact) mass is 267 g/mol. The van der Waals surface area contributed by atoms with Crippen molar-refractivity contribution in [1.29, 1.82) is 0 Å². The molecule has 2 aliphatic rings. The minimum atomic E-state index is 0.497. The minimum absolute atomic E-state index is 0.497. The van der Waals surface area contributed by atoms with Crippen molar-refractivity contribution in [1.82, 2.24) is 5.32 Å². The first-order valence-corrected chi connectivity index (χ1v) is 8.30. The standard InChI is InChI=1S/C17H33NO/c1-13(14-9-11-19-12-10-14)18-16-7-5-15(6-8-16)17(2,3)4/h13-16,18H,5-12H2,1-4H3. The van der Waals surface area contributed by atoms with Crippen molar-refractivity contribution in [2.24, 2.45) is 17.3 Å². The SMILES string of the molecule is CC(NC1CCC(C(C)(C)C)CC1)C1CCOCC1. The van der Waals surface area contributed by atoms with Gasteiger partial charge in [-0.3, -0.25) is 0 Å². The van der Waals surface area contributed by atoms with E-state index in [1.807, 2.05) is 0 Å². The van der Waals surface area contributed by atoms with E-state index >= 15 is 0 Å². The van der Waals surface area contributed by atoms with Crippen LogP contribution in [0.4, 0.5) is 0 Å². The Morgan fingerprint density at radius 2 is 1.53 bits per heavy atom. The summed E-state index contributed by atoms with van der Waals surface area (Å²) in [6.07, 6.45) is 8.03. The van der Waals surface area contributed by atoms with E-state index in [0.717, 1.165) is 31.1 Å². The number of hydrogen-bond acceptors (Lipinski definition) is 2. The van der Waals surface area contributed by atoms with E-state index in [-0.39, 0.29) is 0 Å². The summed E-state index contributed by atoms with van der Waals surface area (Å²) < 4.78 is 5.46. The summed E-state index contributed by atoms with van der Waals surface area (Å²) in [6.45, 7) is 11.5. The van der Waals surface area contributed by atoms with Gasteiger partial charge in [0.2, 0.25) is 0 Å². The second kappa shape index (κ2) is 6.58. The van der Waals surface area contributed by atoms with Crippen molar-refractivity contribution in [3.8, 4) is 0 Å². The van der Waals surface area contributed by atoms with Gasteiger partial charge >= 0.3 is 0 Å². The first kappa shape index (κ1) is 15.3. The average Bonchev–Trinajstić information content (AvgIpc) is 2.39. The molecule has 0 spiro atoms. The lowest BCUT2D eigenvalue weighted by Gasteiger charge is -2.39. The smallest absolute Gasteiger partial charge is 0.0469 e. The van der Waals surface area contributed by atoms with Gasteiger partial charge in [-0.25, -0.2) is 0 Å². The predicted molar refractivity (Wildman–Crippen MR) is 81.3 cm³/mol. The van der Waals surface area contributed by atoms with Crippen LogP contribution >= 0.6 is 0 Å². The third-order valence-corrected chi connectivity index (χ3v) is 5.42. The van der Waals surface area contributed by atoms with Crippen LogP contribution in [0.15, 0.2) is 0 Å². The molecule has 2 fully saturated rings. The highest BCUT2D eigenvalue weighted by Gasteiger charge is 2.31. The molecule has 2 nitrogen and oxygen atoms in total. The maximum atomic E-state index is 5.46. The zero-order chi connectivity index (χ0) is 13.9. The Morgan fingerprint density at radius 1 is 0.947 bits per heavy atom. The normalized spacial score (nSPS) is 32.2. The van der Waals surface area contributed by atoms with Crippen LogP contribution in [0.3, 0.4) is 0 Å². The maximum absolute atomic E-state index is 5.46. The van der Waals surface area contributed by atoms with Crippen LogP contribution in [0.2, 0.25) is 0 Å². The lowest BCUT2D eigenvalue weighted by atomic mass is 9.71. The molecule has 1 saturated carbocycles. The molecule has 0 aromatic carbocycles. The number of nitrogens with one attached hydrogen (secondary N) is 1. The Hall–Kier alpha value is -0.0800. The van der Waals surface area contributed by atoms with Crippen LogP contribution in [0.25, 0.3) is 0 Å². The van der Waals surface area contributed by atoms with Crippen LogP contribution in [0.1, 0.15) is 66.2 Å². The molecule has 1 unspecified atom stereocenters. The van der Waals surface area contributed by atoms with Gasteiger partial charge in [-0.2, -0.15) is 0 Å². The van der Waals surface area contributed by atoms with Gasteiger partial charge in [0.1, 0.15) is 0 Å². The van der Waals surface area contributed by atoms with Crippen molar-refractivity contribution in [3.05, 3.63) is 0 Å². The van der Waals surface area contributed by atoms with E-state index in [4.69, 9.17) is 4.74 Å². The molecule has 0 aromatic heterocycles. The Bertz CT molecular complexity index is 257. The largest absolute Gasteiger partial charge is 0.381 e. The molecular formula is C17H33NO. The molecule has 1 atom stereocenters. The van der Waals surface area contributed by atoms with Gasteiger partial charge in [0.25, 0.3) is 0 Å². The Morgan fingerprint density at radius 3 is 2.05 bits per heavy atom. The van der Waals surface area contributed by atoms with Gasteiger partial charge < -0.3 is 10.1 Å². The van der Waals surface area contributed by atoms with Gasteiger partial charge in [0.15, 0.2) is 0 Å². The lowest BCUT2D eigenvalue weighted by molar-refractivity contribution is 0.0522. The van der Waals surface area contributed by atoms with E-state index in [2.05, 4.69) is 33.0 Å². The predicted octanol–water partition coefficient (Wildman–Crippen LogP) is 4.00. The summed E-state index contributed by atoms with van der Waals surface area (Å²) in [6, 6.07) is 1.43. The Balaban J connectivity index is 1.73. The lowest BCUT2D eigenvalue weighted by Crippen LogP contribution is -2.44. The van der Waals surface area contributed by atoms with Crippen molar-refractivity contribution in [2.45, 2.75) is 78.3 Å². The van der Waals surface area contributed by atoms with E-state index in [1.165, 1.54) is 38.5 Å². The molecule has 0 bridgehead atoms. The maximum Gasteiger partial charge on any atom is 0.0469 e. The third-order valence-electron chi connectivity index (χ3n) is 5.42. The highest BCUT2D eigenvalue weighted by molar-refractivity contribution is 4.86. The zero-order valence-corrected chi connectivity index (χ0v) is 13.4. The molecule has 0 amide bonds. The van der Waals surface area contributed by atoms with Gasteiger partial charge in [-0.15, -0.1) is 0 Å². The highest BCUT2D eigenvalue weighted by atomic mass is 16.5. The van der Waals surface area contributed by atoms with Crippen molar-refractivity contribution < 1.29 is 4.74 Å². The molecular weight excluding hydrogens is 234 g/mol. The molecule has 1 heterocycles. The van der Waals surface area contributed by atoms with Gasteiger partial charge in [-0.05, 0) is 62.7 Å². The molecule has 1 N–H and O–H groups in total. The quantitative estimate of drug-likeness (QED) is 0.834. The molecule has 2 rings (SSSR count). The van der Waals surface area contributed by atoms with Crippen LogP contribution in [0.5, 0.6) is 0 Å². The van der Waals surface area contributed by atoms with Gasteiger partial charge in [-0.1, -0.05) is 20.8 Å². The molecule has 1 aliphatic heterocycles. The zero-order valence-electron chi connectivity index (χ0n) is 13.4. The first-order valence-electron chi connectivity index (χ1n) is 8.30. The Kier molecular flexibility index (Phi) is 5.30. The molecule has 112 valence electrons. The van der Waals surface area contributed by atoms with E-state index in [9.17, 15) is 0 Å². The van der Waals surface area contributed by atoms with Gasteiger partial charge in [0.05, 0.1) is 0 Å². The third kappa shape index (κ3) is 4.46. The first-order chi connectivity index (χ1) is 8.97. The number of ether oxygens (including phenoxy) is 1. The Labute approximate surface area is 119 Å². The highest BCUT2D eigenvalue weighted by Crippen LogP contribution is 2.38. The van der Waals surface area contributed by atoms with Crippen LogP contribution in [0, 0.1) is 17.3 Å². The van der Waals surface area contributed by atoms with E-state index in [0.29, 0.717) is 11.5 Å². The van der Waals surface area contributed by atoms with Gasteiger partial charge in [0, 0.05) is 25.3 Å². The van der Waals surface area contributed by atoms with E-state index < -0.39 is 0 Å². The second-order valence-corrected chi connectivity index (χ2v) is 7.82. The summed E-state index contributed by atoms with van der Waals surface area (Å²) in [7, 11) is 0. The molecule has 1 saturated heterocycles. The average molecular weight is 267 g/mol. The number of rotatable bonds is 3. The minimum Gasteiger partial charge on any atom is -0.381 e. The van der Waals surface area contributed by atoms with Crippen LogP contribution in [-0.4, -0.2) is 25.3 Å². The fourth-order valence-corrected chi connectivity index (χ4v) is 3.85. The molecule has 0 radical (unpaired) electrons. The summed E-state index contributed by atoms with van der Waals surface area (Å²) in [4.78, 5) is 0. The summed E-state index contributed by atoms with van der Waals surface area (Å²) >= 11 is 0. The topological polar surface area (TPSA) is 21.3 Å². The van der Waals surface area contributed by atoms with Crippen LogP contribution in [-0.2, 0) is 4.74 Å². The molecule has 19 heavy (non-hydrogen) atoms. The summed E-state index contributed by atoms with van der Waals surface area (Å²) in [5.41, 5.74) is 0.497. The molecule has 0 aromatic rings. The van der Waals surface area contributed by atoms with E-state index in [1.54, 1.807) is 0 Å². The van der Waals surface area contributed by atoms with Crippen molar-refractivity contribution in [3.63, 3.8) is 0 Å². The van der Waals surface area contributed by atoms with Crippen LogP contribution < -0.4 is 5.32 Å². The van der Waals surface area contributed by atoms with Crippen molar-refractivity contribution >= 4 is 0 Å². The second-order valence-electron chi connectivity index (χ2n) is 7.82.